The molecule has 0 saturated heterocycles. The summed E-state index contributed by atoms with van der Waals surface area (Å²) in [5, 5.41) is 0. The maximum atomic E-state index is 11.1. The van der Waals surface area contributed by atoms with Gasteiger partial charge < -0.3 is 9.72 Å². The Bertz CT molecular complexity index is 367. The summed E-state index contributed by atoms with van der Waals surface area (Å²) in [6.45, 7) is 1.71. The highest BCUT2D eigenvalue weighted by atomic mass is 16.5. The summed E-state index contributed by atoms with van der Waals surface area (Å²) in [6.07, 6.45) is 1.69. The first-order chi connectivity index (χ1) is 6.13. The number of aryl methyl sites for hydroxylation is 1. The van der Waals surface area contributed by atoms with Crippen molar-refractivity contribution in [1.29, 1.82) is 0 Å². The number of carbonyl (C=O) groups excluding carboxylic acids is 1. The number of H-pyrrole nitrogens is 1. The first kappa shape index (κ1) is 9.51. The van der Waals surface area contributed by atoms with Gasteiger partial charge in [-0.05, 0) is 6.92 Å². The lowest BCUT2D eigenvalue weighted by Gasteiger charge is -1.99. The summed E-state index contributed by atoms with van der Waals surface area (Å²) in [5.74, 6) is -0.362. The van der Waals surface area contributed by atoms with Crippen molar-refractivity contribution in [2.75, 3.05) is 7.11 Å². The Labute approximate surface area is 75.5 Å². The van der Waals surface area contributed by atoms with Gasteiger partial charge in [0, 0.05) is 23.5 Å². The molecule has 0 saturated carbocycles. The van der Waals surface area contributed by atoms with Crippen LogP contribution in [0.3, 0.4) is 0 Å². The summed E-state index contributed by atoms with van der Waals surface area (Å²) in [4.78, 5) is 24.8. The van der Waals surface area contributed by atoms with E-state index in [-0.39, 0.29) is 17.8 Å². The van der Waals surface area contributed by atoms with Crippen LogP contribution in [0.1, 0.15) is 11.3 Å². The van der Waals surface area contributed by atoms with Gasteiger partial charge in [0.15, 0.2) is 5.43 Å². The molecule has 1 aromatic rings. The Morgan fingerprint density at radius 2 is 2.31 bits per heavy atom. The zero-order valence-electron chi connectivity index (χ0n) is 7.59. The molecule has 0 amide bonds. The number of nitrogens with one attached hydrogen (secondary N) is 1. The minimum Gasteiger partial charge on any atom is -0.469 e. The number of methoxy groups -OCH3 is 1. The highest BCUT2D eigenvalue weighted by molar-refractivity contribution is 5.71. The van der Waals surface area contributed by atoms with Crippen molar-refractivity contribution in [3.05, 3.63) is 33.7 Å². The Hall–Kier alpha value is -1.58. The third-order valence-electron chi connectivity index (χ3n) is 1.73. The van der Waals surface area contributed by atoms with Crippen LogP contribution in [0.25, 0.3) is 0 Å². The Morgan fingerprint density at radius 3 is 2.85 bits per heavy atom. The fourth-order valence-electron chi connectivity index (χ4n) is 0.916. The summed E-state index contributed by atoms with van der Waals surface area (Å²) in [7, 11) is 1.31. The van der Waals surface area contributed by atoms with Crippen LogP contribution in [0.2, 0.25) is 0 Å². The van der Waals surface area contributed by atoms with E-state index in [4.69, 9.17) is 0 Å². The Kier molecular flexibility index (Phi) is 2.84. The molecule has 0 atom stereocenters. The average Bonchev–Trinajstić information content (AvgIpc) is 2.11. The van der Waals surface area contributed by atoms with Crippen LogP contribution in [0.15, 0.2) is 17.1 Å². The van der Waals surface area contributed by atoms with Crippen LogP contribution in [-0.2, 0) is 16.0 Å². The number of hydrogen-bond acceptors (Lipinski definition) is 3. The molecule has 0 aliphatic heterocycles. The summed E-state index contributed by atoms with van der Waals surface area (Å²) in [5.41, 5.74) is 1.13. The van der Waals surface area contributed by atoms with Gasteiger partial charge in [0.1, 0.15) is 0 Å². The molecule has 4 nitrogen and oxygen atoms in total. The average molecular weight is 181 g/mol. The maximum Gasteiger partial charge on any atom is 0.311 e. The van der Waals surface area contributed by atoms with Gasteiger partial charge >= 0.3 is 5.97 Å². The van der Waals surface area contributed by atoms with Gasteiger partial charge in [-0.2, -0.15) is 0 Å². The van der Waals surface area contributed by atoms with E-state index in [2.05, 4.69) is 9.72 Å². The summed E-state index contributed by atoms with van der Waals surface area (Å²) in [6, 6.07) is 1.41. The third kappa shape index (κ3) is 2.43. The molecule has 0 radical (unpaired) electrons. The fraction of sp³-hybridized carbons (Fsp3) is 0.333. The first-order valence-corrected chi connectivity index (χ1v) is 3.88. The van der Waals surface area contributed by atoms with Gasteiger partial charge in [0.05, 0.1) is 13.5 Å². The van der Waals surface area contributed by atoms with E-state index in [1.54, 1.807) is 13.1 Å². The molecule has 0 aliphatic carbocycles. The summed E-state index contributed by atoms with van der Waals surface area (Å²) < 4.78 is 4.46. The molecule has 0 fully saturated rings. The largest absolute Gasteiger partial charge is 0.469 e. The highest BCUT2D eigenvalue weighted by Gasteiger charge is 2.03. The molecule has 1 rings (SSSR count). The molecule has 13 heavy (non-hydrogen) atoms. The van der Waals surface area contributed by atoms with Gasteiger partial charge in [-0.25, -0.2) is 0 Å². The topological polar surface area (TPSA) is 59.2 Å². The van der Waals surface area contributed by atoms with Gasteiger partial charge in [-0.3, -0.25) is 9.59 Å². The minimum atomic E-state index is -0.362. The number of esters is 1. The van der Waals surface area contributed by atoms with E-state index in [1.165, 1.54) is 13.2 Å². The van der Waals surface area contributed by atoms with Crippen LogP contribution in [0.4, 0.5) is 0 Å². The number of aromatic amines is 1. The predicted molar refractivity (Wildman–Crippen MR) is 47.5 cm³/mol. The number of rotatable bonds is 2. The van der Waals surface area contributed by atoms with Gasteiger partial charge in [0.2, 0.25) is 0 Å². The van der Waals surface area contributed by atoms with Crippen LogP contribution in [0.5, 0.6) is 0 Å². The highest BCUT2D eigenvalue weighted by Crippen LogP contribution is 1.94. The van der Waals surface area contributed by atoms with Gasteiger partial charge in [0.25, 0.3) is 0 Å². The molecule has 0 aromatic carbocycles. The zero-order chi connectivity index (χ0) is 9.84. The van der Waals surface area contributed by atoms with Gasteiger partial charge in [-0.1, -0.05) is 0 Å². The molecule has 1 heterocycles. The van der Waals surface area contributed by atoms with E-state index in [9.17, 15) is 9.59 Å². The monoisotopic (exact) mass is 181 g/mol. The molecule has 70 valence electrons. The maximum absolute atomic E-state index is 11.1. The van der Waals surface area contributed by atoms with Gasteiger partial charge in [-0.15, -0.1) is 0 Å². The third-order valence-corrected chi connectivity index (χ3v) is 1.73. The Balaban J connectivity index is 2.86. The normalized spacial score (nSPS) is 9.69. The molecule has 0 aliphatic rings. The lowest BCUT2D eigenvalue weighted by molar-refractivity contribution is -0.139. The smallest absolute Gasteiger partial charge is 0.311 e. The van der Waals surface area contributed by atoms with E-state index in [0.717, 1.165) is 0 Å². The Morgan fingerprint density at radius 1 is 1.62 bits per heavy atom. The molecule has 0 unspecified atom stereocenters. The predicted octanol–water partition coefficient (Wildman–Crippen LogP) is 0.399. The second kappa shape index (κ2) is 3.89. The summed E-state index contributed by atoms with van der Waals surface area (Å²) >= 11 is 0. The van der Waals surface area contributed by atoms with Crippen LogP contribution in [-0.4, -0.2) is 18.1 Å². The van der Waals surface area contributed by atoms with E-state index >= 15 is 0 Å². The molecular weight excluding hydrogens is 170 g/mol. The van der Waals surface area contributed by atoms with Crippen LogP contribution in [0, 0.1) is 6.92 Å². The lowest BCUT2D eigenvalue weighted by Crippen LogP contribution is -2.11. The van der Waals surface area contributed by atoms with Crippen molar-refractivity contribution in [3.8, 4) is 0 Å². The van der Waals surface area contributed by atoms with E-state index < -0.39 is 0 Å². The second-order valence-electron chi connectivity index (χ2n) is 2.76. The quantitative estimate of drug-likeness (QED) is 0.672. The minimum absolute atomic E-state index is 0.0716. The molecule has 4 heteroatoms. The van der Waals surface area contributed by atoms with Crippen molar-refractivity contribution in [2.45, 2.75) is 13.3 Å². The van der Waals surface area contributed by atoms with Crippen LogP contribution >= 0.6 is 0 Å². The number of aromatic nitrogens is 1. The zero-order valence-corrected chi connectivity index (χ0v) is 7.59. The van der Waals surface area contributed by atoms with Crippen molar-refractivity contribution >= 4 is 5.97 Å². The lowest BCUT2D eigenvalue weighted by atomic mass is 10.2. The first-order valence-electron chi connectivity index (χ1n) is 3.88. The number of pyridine rings is 1. The second-order valence-corrected chi connectivity index (χ2v) is 2.76. The van der Waals surface area contributed by atoms with E-state index in [0.29, 0.717) is 11.3 Å². The van der Waals surface area contributed by atoms with Crippen molar-refractivity contribution in [2.24, 2.45) is 0 Å². The molecule has 0 bridgehead atoms. The molecule has 1 aromatic heterocycles. The van der Waals surface area contributed by atoms with Crippen LogP contribution < -0.4 is 5.43 Å². The van der Waals surface area contributed by atoms with E-state index in [1.807, 2.05) is 0 Å². The van der Waals surface area contributed by atoms with Crippen molar-refractivity contribution < 1.29 is 9.53 Å². The number of ether oxygens (including phenoxy) is 1. The fourth-order valence-corrected chi connectivity index (χ4v) is 0.916. The van der Waals surface area contributed by atoms with Crippen molar-refractivity contribution in [3.63, 3.8) is 0 Å². The molecule has 0 spiro atoms. The number of hydrogen-bond donors (Lipinski definition) is 1. The number of carbonyl (C=O) groups is 1. The SMILES string of the molecule is COC(=O)Cc1cc(=O)c(C)c[nH]1. The standard InChI is InChI=1S/C9H11NO3/c1-6-5-10-7(3-8(6)11)4-9(12)13-2/h3,5H,4H2,1-2H3,(H,10,11). The molecule has 1 N–H and O–H groups in total. The molecular formula is C9H11NO3. The van der Waals surface area contributed by atoms with Crippen molar-refractivity contribution in [1.82, 2.24) is 4.98 Å².